The Morgan fingerprint density at radius 3 is 2.74 bits per heavy atom. The van der Waals surface area contributed by atoms with Gasteiger partial charge in [-0.3, -0.25) is 4.98 Å². The number of hydrogen-bond acceptors (Lipinski definition) is 2. The Balaban J connectivity index is 2.32. The minimum absolute atomic E-state index is 0.134. The van der Waals surface area contributed by atoms with Crippen molar-refractivity contribution < 1.29 is 13.9 Å². The maximum atomic E-state index is 13.8. The van der Waals surface area contributed by atoms with Crippen LogP contribution in [0.2, 0.25) is 0 Å². The topological polar surface area (TPSA) is 33.1 Å². The van der Waals surface area contributed by atoms with Crippen LogP contribution in [0.15, 0.2) is 35.1 Å². The Morgan fingerprint density at radius 2 is 2.05 bits per heavy atom. The summed E-state index contributed by atoms with van der Waals surface area (Å²) in [4.78, 5) is 3.91. The molecule has 5 heteroatoms. The molecule has 0 amide bonds. The van der Waals surface area contributed by atoms with Crippen LogP contribution in [0.25, 0.3) is 0 Å². The number of hydrogen-bond donors (Lipinski definition) is 1. The van der Waals surface area contributed by atoms with E-state index in [9.17, 15) is 13.9 Å². The van der Waals surface area contributed by atoms with Crippen LogP contribution in [0.5, 0.6) is 0 Å². The van der Waals surface area contributed by atoms with Crippen LogP contribution < -0.4 is 0 Å². The fourth-order valence-corrected chi connectivity index (χ4v) is 2.26. The molecule has 1 atom stereocenters. The van der Waals surface area contributed by atoms with Crippen LogP contribution in [-0.2, 0) is 6.42 Å². The summed E-state index contributed by atoms with van der Waals surface area (Å²) in [6, 6.07) is 4.22. The van der Waals surface area contributed by atoms with Crippen LogP contribution in [0.1, 0.15) is 22.8 Å². The molecule has 1 N–H and O–H groups in total. The first-order valence-corrected chi connectivity index (χ1v) is 6.51. The summed E-state index contributed by atoms with van der Waals surface area (Å²) >= 11 is 3.01. The zero-order valence-corrected chi connectivity index (χ0v) is 11.8. The number of pyridine rings is 1. The van der Waals surface area contributed by atoms with E-state index in [1.165, 1.54) is 18.3 Å². The Hall–Kier alpha value is -1.33. The summed E-state index contributed by atoms with van der Waals surface area (Å²) in [6.07, 6.45) is 1.98. The highest BCUT2D eigenvalue weighted by molar-refractivity contribution is 9.10. The molecule has 1 heterocycles. The van der Waals surface area contributed by atoms with Crippen molar-refractivity contribution in [1.82, 2.24) is 4.98 Å². The third-order valence-electron chi connectivity index (χ3n) is 2.97. The fourth-order valence-electron chi connectivity index (χ4n) is 1.88. The Kier molecular flexibility index (Phi) is 4.27. The second-order valence-corrected chi connectivity index (χ2v) is 5.13. The number of aromatic nitrogens is 1. The summed E-state index contributed by atoms with van der Waals surface area (Å²) in [5, 5.41) is 10.1. The smallest absolute Gasteiger partial charge is 0.143 e. The molecule has 100 valence electrons. The molecule has 0 saturated carbocycles. The lowest BCUT2D eigenvalue weighted by Crippen LogP contribution is -2.08. The van der Waals surface area contributed by atoms with Crippen molar-refractivity contribution in [2.24, 2.45) is 0 Å². The molecule has 0 spiro atoms. The van der Waals surface area contributed by atoms with Crippen molar-refractivity contribution in [2.75, 3.05) is 0 Å². The Labute approximate surface area is 118 Å². The van der Waals surface area contributed by atoms with Crippen molar-refractivity contribution in [3.8, 4) is 0 Å². The highest BCUT2D eigenvalue weighted by Gasteiger charge is 2.18. The van der Waals surface area contributed by atoms with E-state index >= 15 is 0 Å². The largest absolute Gasteiger partial charge is 0.388 e. The highest BCUT2D eigenvalue weighted by atomic mass is 79.9. The molecule has 2 rings (SSSR count). The van der Waals surface area contributed by atoms with Gasteiger partial charge in [-0.1, -0.05) is 0 Å². The minimum Gasteiger partial charge on any atom is -0.388 e. The molecule has 0 aliphatic carbocycles. The summed E-state index contributed by atoms with van der Waals surface area (Å²) in [6.45, 7) is 1.81. The first-order chi connectivity index (χ1) is 9.00. The van der Waals surface area contributed by atoms with Gasteiger partial charge in [0.2, 0.25) is 0 Å². The lowest BCUT2D eigenvalue weighted by Gasteiger charge is -2.14. The molecule has 1 unspecified atom stereocenters. The molecule has 2 nitrogen and oxygen atoms in total. The van der Waals surface area contributed by atoms with Gasteiger partial charge in [0.1, 0.15) is 11.6 Å². The quantitative estimate of drug-likeness (QED) is 0.872. The maximum Gasteiger partial charge on any atom is 0.143 e. The zero-order valence-electron chi connectivity index (χ0n) is 10.2. The molecule has 0 fully saturated rings. The second-order valence-electron chi connectivity index (χ2n) is 4.27. The standard InChI is InChI=1S/C14H12BrF2NO/c1-8-4-5-18-7-10(8)13(19)6-9-12(16)3-2-11(15)14(9)17/h2-5,7,13,19H,6H2,1H3. The van der Waals surface area contributed by atoms with Gasteiger partial charge in [0.25, 0.3) is 0 Å². The van der Waals surface area contributed by atoms with Gasteiger partial charge in [-0.25, -0.2) is 8.78 Å². The second kappa shape index (κ2) is 5.75. The first-order valence-electron chi connectivity index (χ1n) is 5.71. The van der Waals surface area contributed by atoms with Gasteiger partial charge >= 0.3 is 0 Å². The number of aryl methyl sites for hydroxylation is 1. The maximum absolute atomic E-state index is 13.8. The van der Waals surface area contributed by atoms with Gasteiger partial charge in [0, 0.05) is 29.9 Å². The monoisotopic (exact) mass is 327 g/mol. The fraction of sp³-hybridized carbons (Fsp3) is 0.214. The predicted molar refractivity (Wildman–Crippen MR) is 71.7 cm³/mol. The molecule has 19 heavy (non-hydrogen) atoms. The highest BCUT2D eigenvalue weighted by Crippen LogP contribution is 2.27. The lowest BCUT2D eigenvalue weighted by molar-refractivity contribution is 0.174. The summed E-state index contributed by atoms with van der Waals surface area (Å²) in [5.74, 6) is -1.35. The van der Waals surface area contributed by atoms with Crippen molar-refractivity contribution in [3.63, 3.8) is 0 Å². The number of halogens is 3. The normalized spacial score (nSPS) is 12.5. The molecular formula is C14H12BrF2NO. The van der Waals surface area contributed by atoms with Crippen LogP contribution >= 0.6 is 15.9 Å². The summed E-state index contributed by atoms with van der Waals surface area (Å²) < 4.78 is 27.6. The van der Waals surface area contributed by atoms with E-state index in [-0.39, 0.29) is 16.5 Å². The van der Waals surface area contributed by atoms with Crippen molar-refractivity contribution in [1.29, 1.82) is 0 Å². The SMILES string of the molecule is Cc1ccncc1C(O)Cc1c(F)ccc(Br)c1F. The van der Waals surface area contributed by atoms with E-state index in [0.717, 1.165) is 5.56 Å². The Morgan fingerprint density at radius 1 is 1.32 bits per heavy atom. The Bertz CT molecular complexity index is 604. The van der Waals surface area contributed by atoms with Crippen LogP contribution in [-0.4, -0.2) is 10.1 Å². The zero-order chi connectivity index (χ0) is 14.0. The molecule has 0 aliphatic heterocycles. The van der Waals surface area contributed by atoms with Gasteiger partial charge in [-0.05, 0) is 46.6 Å². The van der Waals surface area contributed by atoms with Gasteiger partial charge in [0.05, 0.1) is 10.6 Å². The molecule has 0 radical (unpaired) electrons. The van der Waals surface area contributed by atoms with E-state index < -0.39 is 17.7 Å². The van der Waals surface area contributed by atoms with Crippen LogP contribution in [0.4, 0.5) is 8.78 Å². The predicted octanol–water partition coefficient (Wildman–Crippen LogP) is 3.71. The van der Waals surface area contributed by atoms with Crippen molar-refractivity contribution >= 4 is 15.9 Å². The molecule has 0 aliphatic rings. The number of aliphatic hydroxyl groups is 1. The summed E-state index contributed by atoms with van der Waals surface area (Å²) in [5.41, 5.74) is 1.27. The molecule has 0 bridgehead atoms. The minimum atomic E-state index is -0.994. The van der Waals surface area contributed by atoms with E-state index in [2.05, 4.69) is 20.9 Å². The number of rotatable bonds is 3. The molecule has 1 aromatic heterocycles. The third-order valence-corrected chi connectivity index (χ3v) is 3.59. The van der Waals surface area contributed by atoms with Crippen molar-refractivity contribution in [2.45, 2.75) is 19.4 Å². The average Bonchev–Trinajstić information content (AvgIpc) is 2.39. The van der Waals surface area contributed by atoms with E-state index in [1.54, 1.807) is 12.3 Å². The van der Waals surface area contributed by atoms with Gasteiger partial charge < -0.3 is 5.11 Å². The lowest BCUT2D eigenvalue weighted by atomic mass is 9.99. The molecule has 2 aromatic rings. The van der Waals surface area contributed by atoms with Crippen molar-refractivity contribution in [3.05, 3.63) is 63.4 Å². The molecule has 0 saturated heterocycles. The molecular weight excluding hydrogens is 316 g/mol. The third kappa shape index (κ3) is 2.98. The van der Waals surface area contributed by atoms with Crippen LogP contribution in [0.3, 0.4) is 0 Å². The van der Waals surface area contributed by atoms with Gasteiger partial charge in [0.15, 0.2) is 0 Å². The van der Waals surface area contributed by atoms with Gasteiger partial charge in [-0.2, -0.15) is 0 Å². The molecule has 1 aromatic carbocycles. The summed E-state index contributed by atoms with van der Waals surface area (Å²) in [7, 11) is 0. The van der Waals surface area contributed by atoms with E-state index in [4.69, 9.17) is 0 Å². The van der Waals surface area contributed by atoms with E-state index in [0.29, 0.717) is 5.56 Å². The number of nitrogens with zero attached hydrogens (tertiary/aromatic N) is 1. The van der Waals surface area contributed by atoms with E-state index in [1.807, 2.05) is 6.92 Å². The first kappa shape index (κ1) is 14.1. The van der Waals surface area contributed by atoms with Crippen LogP contribution in [0, 0.1) is 18.6 Å². The number of benzene rings is 1. The van der Waals surface area contributed by atoms with Gasteiger partial charge in [-0.15, -0.1) is 0 Å². The average molecular weight is 328 g/mol. The number of aliphatic hydroxyl groups excluding tert-OH is 1.